The lowest BCUT2D eigenvalue weighted by atomic mass is 10.1. The number of rotatable bonds is 1. The minimum Gasteiger partial charge on any atom is -0.342 e. The molecule has 1 fully saturated rings. The van der Waals surface area contributed by atoms with Gasteiger partial charge in [0, 0.05) is 18.7 Å². The smallest absolute Gasteiger partial charge is 0.342 e. The summed E-state index contributed by atoms with van der Waals surface area (Å²) in [4.78, 5) is 20.5. The molecule has 2 heterocycles. The normalized spacial score (nSPS) is 14.8. The van der Waals surface area contributed by atoms with E-state index in [0.717, 1.165) is 18.9 Å². The van der Waals surface area contributed by atoms with Crippen molar-refractivity contribution in [3.8, 4) is 0 Å². The van der Waals surface area contributed by atoms with Crippen LogP contribution in [0, 0.1) is 6.92 Å². The number of carbonyl (C=O) groups excluding carboxylic acids is 1. The van der Waals surface area contributed by atoms with E-state index in [-0.39, 0.29) is 22.5 Å². The Morgan fingerprint density at radius 2 is 1.83 bits per heavy atom. The van der Waals surface area contributed by atoms with Gasteiger partial charge in [-0.3, -0.25) is 4.79 Å². The molecule has 1 aliphatic rings. The molecule has 1 aromatic carbocycles. The van der Waals surface area contributed by atoms with E-state index in [9.17, 15) is 18.0 Å². The number of carbonyl (C=O) groups is 1. The molecule has 2 aromatic rings. The third-order valence-electron chi connectivity index (χ3n) is 3.65. The molecule has 0 unspecified atom stereocenters. The van der Waals surface area contributed by atoms with Crippen LogP contribution in [0.3, 0.4) is 0 Å². The number of benzene rings is 1. The van der Waals surface area contributed by atoms with Crippen molar-refractivity contribution in [2.45, 2.75) is 39.8 Å². The van der Waals surface area contributed by atoms with Crippen LogP contribution in [-0.2, 0) is 6.18 Å². The minimum atomic E-state index is -4.54. The molecule has 1 N–H and O–H groups in total. The SMILES string of the molecule is CC.Cc1nc2c(C(F)(F)F)cc(C(=O)N3CCCC3)cc2[nH]1. The van der Waals surface area contributed by atoms with E-state index in [1.807, 2.05) is 13.8 Å². The molecule has 7 heteroatoms. The lowest BCUT2D eigenvalue weighted by Gasteiger charge is -2.16. The second kappa shape index (κ2) is 6.60. The molecule has 23 heavy (non-hydrogen) atoms. The first-order valence-electron chi connectivity index (χ1n) is 7.73. The standard InChI is InChI=1S/C14H14F3N3O.C2H6/c1-8-18-11-7-9(13(21)20-4-2-3-5-20)6-10(12(11)19-8)14(15,16)17;1-2/h6-7H,2-5H2,1H3,(H,18,19);1-2H3. The number of hydrogen-bond acceptors (Lipinski definition) is 2. The summed E-state index contributed by atoms with van der Waals surface area (Å²) in [6, 6.07) is 2.36. The Hall–Kier alpha value is -2.05. The topological polar surface area (TPSA) is 49.0 Å². The molecule has 0 radical (unpaired) electrons. The molecule has 0 aliphatic carbocycles. The van der Waals surface area contributed by atoms with Crippen molar-refractivity contribution < 1.29 is 18.0 Å². The van der Waals surface area contributed by atoms with Crippen molar-refractivity contribution in [1.29, 1.82) is 0 Å². The summed E-state index contributed by atoms with van der Waals surface area (Å²) >= 11 is 0. The third kappa shape index (κ3) is 3.48. The quantitative estimate of drug-likeness (QED) is 0.855. The number of aromatic nitrogens is 2. The Kier molecular flexibility index (Phi) is 4.97. The number of halogens is 3. The fourth-order valence-corrected chi connectivity index (χ4v) is 2.68. The van der Waals surface area contributed by atoms with Crippen molar-refractivity contribution in [1.82, 2.24) is 14.9 Å². The Morgan fingerprint density at radius 1 is 1.22 bits per heavy atom. The van der Waals surface area contributed by atoms with Gasteiger partial charge in [0.1, 0.15) is 11.3 Å². The number of nitrogens with one attached hydrogen (secondary N) is 1. The zero-order chi connectivity index (χ0) is 17.2. The highest BCUT2D eigenvalue weighted by Gasteiger charge is 2.35. The number of amides is 1. The zero-order valence-corrected chi connectivity index (χ0v) is 13.4. The highest BCUT2D eigenvalue weighted by molar-refractivity contribution is 5.98. The number of hydrogen-bond donors (Lipinski definition) is 1. The first-order valence-corrected chi connectivity index (χ1v) is 7.73. The third-order valence-corrected chi connectivity index (χ3v) is 3.65. The highest BCUT2D eigenvalue weighted by atomic mass is 19.4. The monoisotopic (exact) mass is 327 g/mol. The van der Waals surface area contributed by atoms with Crippen molar-refractivity contribution in [2.24, 2.45) is 0 Å². The van der Waals surface area contributed by atoms with E-state index in [4.69, 9.17) is 0 Å². The lowest BCUT2D eigenvalue weighted by Crippen LogP contribution is -2.28. The Bertz CT molecular complexity index is 700. The van der Waals surface area contributed by atoms with Crippen molar-refractivity contribution in [3.05, 3.63) is 29.1 Å². The van der Waals surface area contributed by atoms with Gasteiger partial charge >= 0.3 is 6.18 Å². The average Bonchev–Trinajstić information content (AvgIpc) is 3.14. The van der Waals surface area contributed by atoms with Crippen LogP contribution >= 0.6 is 0 Å². The molecule has 1 amide bonds. The summed E-state index contributed by atoms with van der Waals surface area (Å²) in [7, 11) is 0. The summed E-state index contributed by atoms with van der Waals surface area (Å²) < 4.78 is 39.5. The van der Waals surface area contributed by atoms with Crippen LogP contribution in [0.5, 0.6) is 0 Å². The number of aromatic amines is 1. The van der Waals surface area contributed by atoms with Gasteiger partial charge in [0.05, 0.1) is 11.1 Å². The number of aryl methyl sites for hydroxylation is 1. The van der Waals surface area contributed by atoms with Gasteiger partial charge < -0.3 is 9.88 Å². The van der Waals surface area contributed by atoms with E-state index in [0.29, 0.717) is 18.9 Å². The number of H-pyrrole nitrogens is 1. The van der Waals surface area contributed by atoms with Gasteiger partial charge in [0.15, 0.2) is 0 Å². The molecule has 1 saturated heterocycles. The predicted octanol–water partition coefficient (Wildman–Crippen LogP) is 4.15. The van der Waals surface area contributed by atoms with Crippen molar-refractivity contribution >= 4 is 16.9 Å². The Balaban J connectivity index is 0.000000924. The molecule has 3 rings (SSSR count). The van der Waals surface area contributed by atoms with E-state index in [2.05, 4.69) is 9.97 Å². The maximum absolute atomic E-state index is 13.2. The molecule has 1 aliphatic heterocycles. The molecule has 4 nitrogen and oxygen atoms in total. The van der Waals surface area contributed by atoms with Crippen LogP contribution in [0.2, 0.25) is 0 Å². The van der Waals surface area contributed by atoms with Crippen LogP contribution in [0.4, 0.5) is 13.2 Å². The minimum absolute atomic E-state index is 0.0559. The summed E-state index contributed by atoms with van der Waals surface area (Å²) in [5, 5.41) is 0. The number of nitrogens with zero attached hydrogens (tertiary/aromatic N) is 2. The highest BCUT2D eigenvalue weighted by Crippen LogP contribution is 2.35. The average molecular weight is 327 g/mol. The first-order chi connectivity index (χ1) is 10.9. The number of likely N-dealkylation sites (tertiary alicyclic amines) is 1. The zero-order valence-electron chi connectivity index (χ0n) is 13.4. The Morgan fingerprint density at radius 3 is 2.39 bits per heavy atom. The predicted molar refractivity (Wildman–Crippen MR) is 82.3 cm³/mol. The number of alkyl halides is 3. The molecule has 1 aromatic heterocycles. The van der Waals surface area contributed by atoms with Crippen LogP contribution in [0.15, 0.2) is 12.1 Å². The van der Waals surface area contributed by atoms with E-state index in [1.54, 1.807) is 11.8 Å². The van der Waals surface area contributed by atoms with Crippen molar-refractivity contribution in [3.63, 3.8) is 0 Å². The molecule has 0 atom stereocenters. The van der Waals surface area contributed by atoms with Crippen LogP contribution < -0.4 is 0 Å². The first kappa shape index (κ1) is 17.3. The summed E-state index contributed by atoms with van der Waals surface area (Å²) in [6.07, 6.45) is -2.76. The molecule has 0 saturated carbocycles. The van der Waals surface area contributed by atoms with Gasteiger partial charge in [-0.05, 0) is 31.9 Å². The van der Waals surface area contributed by atoms with Crippen LogP contribution in [0.25, 0.3) is 11.0 Å². The second-order valence-electron chi connectivity index (χ2n) is 5.24. The number of fused-ring (bicyclic) bond motifs is 1. The van der Waals surface area contributed by atoms with Gasteiger partial charge in [-0.2, -0.15) is 13.2 Å². The van der Waals surface area contributed by atoms with E-state index in [1.165, 1.54) is 6.07 Å². The molecule has 0 spiro atoms. The van der Waals surface area contributed by atoms with Gasteiger partial charge in [-0.15, -0.1) is 0 Å². The van der Waals surface area contributed by atoms with Gasteiger partial charge in [0.25, 0.3) is 5.91 Å². The summed E-state index contributed by atoms with van der Waals surface area (Å²) in [6.45, 7) is 6.78. The van der Waals surface area contributed by atoms with Crippen molar-refractivity contribution in [2.75, 3.05) is 13.1 Å². The van der Waals surface area contributed by atoms with Gasteiger partial charge in [-0.25, -0.2) is 4.98 Å². The maximum Gasteiger partial charge on any atom is 0.418 e. The molecule has 126 valence electrons. The van der Waals surface area contributed by atoms with Gasteiger partial charge in [-0.1, -0.05) is 13.8 Å². The Labute approximate surface area is 132 Å². The van der Waals surface area contributed by atoms with E-state index < -0.39 is 11.7 Å². The van der Waals surface area contributed by atoms with E-state index >= 15 is 0 Å². The van der Waals surface area contributed by atoms with Crippen LogP contribution in [-0.4, -0.2) is 33.9 Å². The lowest BCUT2D eigenvalue weighted by molar-refractivity contribution is -0.136. The molecular formula is C16H20F3N3O. The number of imidazole rings is 1. The fraction of sp³-hybridized carbons (Fsp3) is 0.500. The van der Waals surface area contributed by atoms with Crippen LogP contribution in [0.1, 0.15) is 48.4 Å². The second-order valence-corrected chi connectivity index (χ2v) is 5.24. The fourth-order valence-electron chi connectivity index (χ4n) is 2.68. The summed E-state index contributed by atoms with van der Waals surface area (Å²) in [5.74, 6) is 0.0356. The molecular weight excluding hydrogens is 307 g/mol. The summed E-state index contributed by atoms with van der Waals surface area (Å²) in [5.41, 5.74) is -0.713. The van der Waals surface area contributed by atoms with Gasteiger partial charge in [0.2, 0.25) is 0 Å². The largest absolute Gasteiger partial charge is 0.418 e. The maximum atomic E-state index is 13.2. The molecule has 0 bridgehead atoms.